The third kappa shape index (κ3) is 6.87. The highest BCUT2D eigenvalue weighted by Crippen LogP contribution is 2.24. The van der Waals surface area contributed by atoms with Gasteiger partial charge in [0.2, 0.25) is 10.0 Å². The maximum Gasteiger partial charge on any atom is 0.241 e. The lowest BCUT2D eigenvalue weighted by atomic mass is 10.2. The number of hydrogen-bond donors (Lipinski definition) is 3. The van der Waals surface area contributed by atoms with Crippen LogP contribution in [0.4, 0.5) is 0 Å². The number of aliphatic imine (C=N–C) groups is 1. The molecular formula is C16H27IN4O2S2. The van der Waals surface area contributed by atoms with Crippen LogP contribution in [0.2, 0.25) is 0 Å². The summed E-state index contributed by atoms with van der Waals surface area (Å²) in [6.45, 7) is 7.17. The normalized spacial score (nSPS) is 15.2. The summed E-state index contributed by atoms with van der Waals surface area (Å²) in [5.74, 6) is 0.730. The molecular weight excluding hydrogens is 471 g/mol. The standard InChI is InChI=1S/C16H26N4O2S2.HI/c1-4-17-16(20-14-7-5-6-8-14)18-9-10-19-24(21,22)15-11-12(2)23-13(15)3;/h5-6,11,14,19H,4,7-10H2,1-3H3,(H2,17,18,20);1H. The first-order valence-electron chi connectivity index (χ1n) is 8.19. The summed E-state index contributed by atoms with van der Waals surface area (Å²) < 4.78 is 27.3. The molecule has 0 aliphatic heterocycles. The van der Waals surface area contributed by atoms with E-state index >= 15 is 0 Å². The Morgan fingerprint density at radius 2 is 2.00 bits per heavy atom. The number of thiophene rings is 1. The average molecular weight is 498 g/mol. The first-order valence-corrected chi connectivity index (χ1v) is 10.5. The average Bonchev–Trinajstić information content (AvgIpc) is 3.13. The van der Waals surface area contributed by atoms with Crippen LogP contribution in [0.25, 0.3) is 0 Å². The molecule has 25 heavy (non-hydrogen) atoms. The van der Waals surface area contributed by atoms with Crippen molar-refractivity contribution in [3.63, 3.8) is 0 Å². The van der Waals surface area contributed by atoms with Gasteiger partial charge in [0.05, 0.1) is 11.4 Å². The number of rotatable bonds is 7. The summed E-state index contributed by atoms with van der Waals surface area (Å²) >= 11 is 1.49. The van der Waals surface area contributed by atoms with E-state index in [0.29, 0.717) is 17.5 Å². The Kier molecular flexibility index (Phi) is 9.39. The molecule has 0 saturated heterocycles. The van der Waals surface area contributed by atoms with Crippen molar-refractivity contribution in [2.24, 2.45) is 4.99 Å². The summed E-state index contributed by atoms with van der Waals surface area (Å²) in [6, 6.07) is 2.08. The largest absolute Gasteiger partial charge is 0.357 e. The van der Waals surface area contributed by atoms with Gasteiger partial charge in [0.15, 0.2) is 5.96 Å². The van der Waals surface area contributed by atoms with Gasteiger partial charge < -0.3 is 10.6 Å². The Bertz CT molecular complexity index is 706. The molecule has 1 heterocycles. The maximum absolute atomic E-state index is 12.3. The van der Waals surface area contributed by atoms with Gasteiger partial charge in [-0.15, -0.1) is 35.3 Å². The third-order valence-corrected chi connectivity index (χ3v) is 6.33. The maximum atomic E-state index is 12.3. The van der Waals surface area contributed by atoms with Crippen LogP contribution in [0.3, 0.4) is 0 Å². The van der Waals surface area contributed by atoms with E-state index in [0.717, 1.165) is 35.1 Å². The Morgan fingerprint density at radius 3 is 2.56 bits per heavy atom. The van der Waals surface area contributed by atoms with Crippen LogP contribution in [0.15, 0.2) is 28.1 Å². The topological polar surface area (TPSA) is 82.6 Å². The van der Waals surface area contributed by atoms with Gasteiger partial charge in [-0.1, -0.05) is 12.2 Å². The van der Waals surface area contributed by atoms with E-state index in [1.54, 1.807) is 6.07 Å². The number of guanidine groups is 1. The fourth-order valence-electron chi connectivity index (χ4n) is 2.55. The van der Waals surface area contributed by atoms with E-state index in [4.69, 9.17) is 0 Å². The van der Waals surface area contributed by atoms with Gasteiger partial charge in [-0.2, -0.15) is 0 Å². The van der Waals surface area contributed by atoms with E-state index in [9.17, 15) is 8.42 Å². The Morgan fingerprint density at radius 1 is 1.32 bits per heavy atom. The highest BCUT2D eigenvalue weighted by Gasteiger charge is 2.18. The molecule has 0 bridgehead atoms. The monoisotopic (exact) mass is 498 g/mol. The van der Waals surface area contributed by atoms with Crippen molar-refractivity contribution in [1.29, 1.82) is 0 Å². The highest BCUT2D eigenvalue weighted by atomic mass is 127. The Balaban J connectivity index is 0.00000312. The molecule has 1 aromatic rings. The van der Waals surface area contributed by atoms with Crippen molar-refractivity contribution in [1.82, 2.24) is 15.4 Å². The molecule has 0 radical (unpaired) electrons. The molecule has 0 aromatic carbocycles. The minimum atomic E-state index is -3.46. The fraction of sp³-hybridized carbons (Fsp3) is 0.562. The van der Waals surface area contributed by atoms with Crippen molar-refractivity contribution in [3.8, 4) is 0 Å². The molecule has 142 valence electrons. The van der Waals surface area contributed by atoms with Gasteiger partial charge in [-0.05, 0) is 39.7 Å². The Labute approximate surface area is 171 Å². The van der Waals surface area contributed by atoms with E-state index in [1.165, 1.54) is 11.3 Å². The molecule has 9 heteroatoms. The summed E-state index contributed by atoms with van der Waals surface area (Å²) in [6.07, 6.45) is 6.29. The second kappa shape index (κ2) is 10.5. The van der Waals surface area contributed by atoms with E-state index in [-0.39, 0.29) is 30.5 Å². The number of sulfonamides is 1. The molecule has 1 aromatic heterocycles. The first kappa shape index (κ1) is 22.4. The van der Waals surface area contributed by atoms with Crippen molar-refractivity contribution in [3.05, 3.63) is 28.0 Å². The number of nitrogens with zero attached hydrogens (tertiary/aromatic N) is 1. The van der Waals surface area contributed by atoms with Crippen molar-refractivity contribution >= 4 is 51.3 Å². The summed E-state index contributed by atoms with van der Waals surface area (Å²) in [5.41, 5.74) is 0. The van der Waals surface area contributed by atoms with Gasteiger partial charge >= 0.3 is 0 Å². The molecule has 0 atom stereocenters. The smallest absolute Gasteiger partial charge is 0.241 e. The van der Waals surface area contributed by atoms with E-state index < -0.39 is 10.0 Å². The Hall–Kier alpha value is -0.650. The highest BCUT2D eigenvalue weighted by molar-refractivity contribution is 14.0. The lowest BCUT2D eigenvalue weighted by Crippen LogP contribution is -2.43. The van der Waals surface area contributed by atoms with Crippen molar-refractivity contribution in [2.75, 3.05) is 19.6 Å². The molecule has 0 spiro atoms. The van der Waals surface area contributed by atoms with Crippen LogP contribution in [-0.4, -0.2) is 40.1 Å². The van der Waals surface area contributed by atoms with Crippen LogP contribution >= 0.6 is 35.3 Å². The molecule has 2 rings (SSSR count). The molecule has 1 aliphatic carbocycles. The van der Waals surface area contributed by atoms with Gasteiger partial charge in [0.25, 0.3) is 0 Å². The minimum absolute atomic E-state index is 0. The van der Waals surface area contributed by atoms with Crippen LogP contribution in [0.5, 0.6) is 0 Å². The predicted octanol–water partition coefficient (Wildman–Crippen LogP) is 2.53. The van der Waals surface area contributed by atoms with Crippen LogP contribution in [0.1, 0.15) is 29.5 Å². The van der Waals surface area contributed by atoms with Crippen LogP contribution < -0.4 is 15.4 Å². The van der Waals surface area contributed by atoms with E-state index in [2.05, 4.69) is 32.5 Å². The molecule has 1 aliphatic rings. The number of halogens is 1. The molecule has 0 fully saturated rings. The fourth-order valence-corrected chi connectivity index (χ4v) is 5.12. The zero-order valence-corrected chi connectivity index (χ0v) is 18.8. The first-order chi connectivity index (χ1) is 11.4. The summed E-state index contributed by atoms with van der Waals surface area (Å²) in [4.78, 5) is 6.62. The third-order valence-electron chi connectivity index (χ3n) is 3.65. The number of nitrogens with one attached hydrogen (secondary N) is 3. The predicted molar refractivity (Wildman–Crippen MR) is 116 cm³/mol. The summed E-state index contributed by atoms with van der Waals surface area (Å²) in [7, 11) is -3.46. The van der Waals surface area contributed by atoms with Gasteiger partial charge in [0, 0.05) is 28.9 Å². The quantitative estimate of drug-likeness (QED) is 0.178. The number of hydrogen-bond acceptors (Lipinski definition) is 4. The van der Waals surface area contributed by atoms with Crippen LogP contribution in [-0.2, 0) is 10.0 Å². The molecule has 3 N–H and O–H groups in total. The van der Waals surface area contributed by atoms with Crippen molar-refractivity contribution in [2.45, 2.75) is 44.6 Å². The van der Waals surface area contributed by atoms with Gasteiger partial charge in [-0.25, -0.2) is 13.1 Å². The zero-order valence-electron chi connectivity index (χ0n) is 14.8. The lowest BCUT2D eigenvalue weighted by molar-refractivity contribution is 0.581. The molecule has 0 unspecified atom stereocenters. The van der Waals surface area contributed by atoms with E-state index in [1.807, 2.05) is 20.8 Å². The molecule has 0 saturated carbocycles. The number of aryl methyl sites for hydroxylation is 2. The van der Waals surface area contributed by atoms with Crippen molar-refractivity contribution < 1.29 is 8.42 Å². The minimum Gasteiger partial charge on any atom is -0.357 e. The second-order valence-electron chi connectivity index (χ2n) is 5.72. The molecule has 6 nitrogen and oxygen atoms in total. The lowest BCUT2D eigenvalue weighted by Gasteiger charge is -2.16. The SMILES string of the molecule is CCNC(=NCCNS(=O)(=O)c1cc(C)sc1C)NC1CC=CC1.I. The van der Waals surface area contributed by atoms with Gasteiger partial charge in [0.1, 0.15) is 0 Å². The van der Waals surface area contributed by atoms with Gasteiger partial charge in [-0.3, -0.25) is 4.99 Å². The summed E-state index contributed by atoms with van der Waals surface area (Å²) in [5, 5.41) is 6.55. The van der Waals surface area contributed by atoms with Crippen LogP contribution in [0, 0.1) is 13.8 Å². The second-order valence-corrected chi connectivity index (χ2v) is 8.92. The zero-order chi connectivity index (χ0) is 17.6. The molecule has 0 amide bonds.